The van der Waals surface area contributed by atoms with E-state index in [9.17, 15) is 9.59 Å². The average Bonchev–Trinajstić information content (AvgIpc) is 3.32. The van der Waals surface area contributed by atoms with Gasteiger partial charge in [0.25, 0.3) is 5.56 Å². The summed E-state index contributed by atoms with van der Waals surface area (Å²) in [4.78, 5) is 43.3. The summed E-state index contributed by atoms with van der Waals surface area (Å²) in [5, 5.41) is 2.90. The van der Waals surface area contributed by atoms with Gasteiger partial charge in [-0.05, 0) is 37.1 Å². The minimum Gasteiger partial charge on any atom is -0.378 e. The van der Waals surface area contributed by atoms with Crippen LogP contribution >= 0.6 is 0 Å². The van der Waals surface area contributed by atoms with Gasteiger partial charge < -0.3 is 15.0 Å². The molecule has 0 atom stereocenters. The molecule has 2 N–H and O–H groups in total. The Hall–Kier alpha value is -4.05. The van der Waals surface area contributed by atoms with Gasteiger partial charge in [0.05, 0.1) is 24.2 Å². The number of hydrogen-bond donors (Lipinski definition) is 2. The van der Waals surface area contributed by atoms with Gasteiger partial charge in [-0.2, -0.15) is 0 Å². The van der Waals surface area contributed by atoms with Crippen LogP contribution in [0.4, 0.5) is 5.95 Å². The Morgan fingerprint density at radius 1 is 1.14 bits per heavy atom. The Morgan fingerprint density at radius 3 is 2.74 bits per heavy atom. The largest absolute Gasteiger partial charge is 0.378 e. The van der Waals surface area contributed by atoms with E-state index in [0.29, 0.717) is 56.5 Å². The quantitative estimate of drug-likeness (QED) is 0.421. The summed E-state index contributed by atoms with van der Waals surface area (Å²) >= 11 is 0. The highest BCUT2D eigenvalue weighted by Gasteiger charge is 2.17. The van der Waals surface area contributed by atoms with Crippen LogP contribution in [0.2, 0.25) is 0 Å². The number of H-pyrrole nitrogens is 1. The number of nitrogens with zero attached hydrogens (tertiary/aromatic N) is 5. The zero-order valence-corrected chi connectivity index (χ0v) is 19.5. The molecule has 0 unspecified atom stereocenters. The monoisotopic (exact) mass is 473 g/mol. The molecule has 5 rings (SSSR count). The molecule has 1 aromatic carbocycles. The predicted molar refractivity (Wildman–Crippen MR) is 132 cm³/mol. The molecule has 0 spiro atoms. The fourth-order valence-corrected chi connectivity index (χ4v) is 4.15. The number of fused-ring (bicyclic) bond motifs is 1. The lowest BCUT2D eigenvalue weighted by Crippen LogP contribution is -2.38. The third kappa shape index (κ3) is 5.07. The van der Waals surface area contributed by atoms with Crippen molar-refractivity contribution in [3.8, 4) is 5.82 Å². The number of aromatic nitrogens is 5. The van der Waals surface area contributed by atoms with Crippen molar-refractivity contribution in [2.75, 3.05) is 31.2 Å². The number of anilines is 1. The van der Waals surface area contributed by atoms with E-state index in [4.69, 9.17) is 4.74 Å². The van der Waals surface area contributed by atoms with Gasteiger partial charge in [-0.15, -0.1) is 0 Å². The van der Waals surface area contributed by atoms with Crippen LogP contribution in [0.5, 0.6) is 0 Å². The molecule has 1 amide bonds. The second kappa shape index (κ2) is 10.1. The zero-order chi connectivity index (χ0) is 24.2. The van der Waals surface area contributed by atoms with Crippen molar-refractivity contribution in [3.05, 3.63) is 76.1 Å². The number of para-hydroxylation sites is 2. The second-order valence-electron chi connectivity index (χ2n) is 8.46. The van der Waals surface area contributed by atoms with Gasteiger partial charge >= 0.3 is 0 Å². The summed E-state index contributed by atoms with van der Waals surface area (Å²) in [5.41, 5.74) is 3.77. The summed E-state index contributed by atoms with van der Waals surface area (Å²) in [6.07, 6.45) is 4.03. The topological polar surface area (TPSA) is 118 Å². The lowest BCUT2D eigenvalue weighted by molar-refractivity contribution is -0.121. The fourth-order valence-electron chi connectivity index (χ4n) is 4.15. The molecule has 35 heavy (non-hydrogen) atoms. The van der Waals surface area contributed by atoms with Crippen LogP contribution in [0, 0.1) is 6.92 Å². The molecule has 1 saturated heterocycles. The Bertz CT molecular complexity index is 1390. The van der Waals surface area contributed by atoms with Crippen molar-refractivity contribution in [1.29, 1.82) is 0 Å². The number of pyridine rings is 1. The number of amides is 1. The first-order valence-corrected chi connectivity index (χ1v) is 11.6. The zero-order valence-electron chi connectivity index (χ0n) is 19.5. The number of nitrogens with one attached hydrogen (secondary N) is 2. The van der Waals surface area contributed by atoms with Crippen molar-refractivity contribution in [2.45, 2.75) is 26.3 Å². The fraction of sp³-hybridized carbons (Fsp3) is 0.320. The smallest absolute Gasteiger partial charge is 0.255 e. The third-order valence-corrected chi connectivity index (χ3v) is 6.12. The molecule has 0 bridgehead atoms. The first-order chi connectivity index (χ1) is 17.1. The number of aryl methyl sites for hydroxylation is 1. The predicted octanol–water partition coefficient (Wildman–Crippen LogP) is 1.90. The van der Waals surface area contributed by atoms with Crippen LogP contribution < -0.4 is 15.8 Å². The molecule has 10 nitrogen and oxygen atoms in total. The van der Waals surface area contributed by atoms with Crippen LogP contribution in [0.25, 0.3) is 16.9 Å². The number of ether oxygens (including phenoxy) is 1. The van der Waals surface area contributed by atoms with E-state index in [1.807, 2.05) is 52.8 Å². The van der Waals surface area contributed by atoms with Crippen LogP contribution in [0.15, 0.2) is 53.7 Å². The third-order valence-electron chi connectivity index (χ3n) is 6.12. The number of benzene rings is 1. The molecule has 1 aliphatic heterocycles. The number of aromatic amines is 1. The molecular weight excluding hydrogens is 446 g/mol. The van der Waals surface area contributed by atoms with Gasteiger partial charge in [0, 0.05) is 43.5 Å². The molecular formula is C25H27N7O3. The van der Waals surface area contributed by atoms with E-state index in [0.717, 1.165) is 22.4 Å². The number of rotatable bonds is 7. The van der Waals surface area contributed by atoms with Crippen LogP contribution in [-0.4, -0.2) is 56.7 Å². The minimum absolute atomic E-state index is 0.134. The van der Waals surface area contributed by atoms with Crippen molar-refractivity contribution in [3.63, 3.8) is 0 Å². The molecule has 4 heterocycles. The van der Waals surface area contributed by atoms with Gasteiger partial charge in [-0.25, -0.2) is 15.0 Å². The van der Waals surface area contributed by atoms with E-state index < -0.39 is 0 Å². The number of carbonyl (C=O) groups excluding carboxylic acids is 1. The molecule has 0 aliphatic carbocycles. The highest BCUT2D eigenvalue weighted by atomic mass is 16.5. The lowest BCUT2D eigenvalue weighted by atomic mass is 10.1. The number of carbonyl (C=O) groups is 1. The molecule has 1 fully saturated rings. The number of imidazole rings is 1. The standard InChI is InChI=1S/C25H27N7O3/c1-17-19(24(34)30-25(29-17)31-10-12-35-13-11-31)7-9-23(33)27-15-18-6-8-22(26-14-18)32-16-28-20-4-2-3-5-21(20)32/h2-6,8,14,16H,7,9-13,15H2,1H3,(H,27,33)(H,29,30,34). The van der Waals surface area contributed by atoms with Gasteiger partial charge in [-0.3, -0.25) is 19.1 Å². The highest BCUT2D eigenvalue weighted by Crippen LogP contribution is 2.16. The lowest BCUT2D eigenvalue weighted by Gasteiger charge is -2.27. The molecule has 180 valence electrons. The normalized spacial score (nSPS) is 13.8. The van der Waals surface area contributed by atoms with Gasteiger partial charge in [0.2, 0.25) is 11.9 Å². The van der Waals surface area contributed by atoms with Crippen molar-refractivity contribution >= 4 is 22.9 Å². The van der Waals surface area contributed by atoms with Crippen molar-refractivity contribution in [1.82, 2.24) is 29.8 Å². The summed E-state index contributed by atoms with van der Waals surface area (Å²) in [7, 11) is 0. The summed E-state index contributed by atoms with van der Waals surface area (Å²) in [6.45, 7) is 4.79. The SMILES string of the molecule is Cc1nc(N2CCOCC2)[nH]c(=O)c1CCC(=O)NCc1ccc(-n2cnc3ccccc32)nc1. The highest BCUT2D eigenvalue weighted by molar-refractivity contribution is 5.77. The molecule has 3 aromatic heterocycles. The molecule has 0 saturated carbocycles. The summed E-state index contributed by atoms with van der Waals surface area (Å²) in [6, 6.07) is 11.7. The van der Waals surface area contributed by atoms with Crippen molar-refractivity contribution < 1.29 is 9.53 Å². The average molecular weight is 474 g/mol. The molecule has 10 heteroatoms. The van der Waals surface area contributed by atoms with Gasteiger partial charge in [0.15, 0.2) is 0 Å². The second-order valence-corrected chi connectivity index (χ2v) is 8.46. The van der Waals surface area contributed by atoms with Crippen molar-refractivity contribution in [2.24, 2.45) is 0 Å². The van der Waals surface area contributed by atoms with Crippen LogP contribution in [0.3, 0.4) is 0 Å². The molecule has 1 aliphatic rings. The van der Waals surface area contributed by atoms with E-state index >= 15 is 0 Å². The van der Waals surface area contributed by atoms with Gasteiger partial charge in [-0.1, -0.05) is 18.2 Å². The van der Waals surface area contributed by atoms with E-state index in [1.165, 1.54) is 0 Å². The maximum atomic E-state index is 12.6. The van der Waals surface area contributed by atoms with E-state index in [2.05, 4.69) is 25.3 Å². The van der Waals surface area contributed by atoms with Gasteiger partial charge in [0.1, 0.15) is 12.1 Å². The molecule has 0 radical (unpaired) electrons. The maximum Gasteiger partial charge on any atom is 0.255 e. The first-order valence-electron chi connectivity index (χ1n) is 11.6. The first kappa shape index (κ1) is 22.7. The summed E-state index contributed by atoms with van der Waals surface area (Å²) < 4.78 is 7.28. The minimum atomic E-state index is -0.196. The summed E-state index contributed by atoms with van der Waals surface area (Å²) in [5.74, 6) is 1.19. The number of hydrogen-bond acceptors (Lipinski definition) is 7. The van der Waals surface area contributed by atoms with E-state index in [1.54, 1.807) is 12.5 Å². The Balaban J connectivity index is 1.16. The maximum absolute atomic E-state index is 12.6. The molecule has 4 aromatic rings. The number of morpholine rings is 1. The Kier molecular flexibility index (Phi) is 6.53. The van der Waals surface area contributed by atoms with Crippen LogP contribution in [-0.2, 0) is 22.5 Å². The Morgan fingerprint density at radius 2 is 1.97 bits per heavy atom. The Labute approximate surface area is 202 Å². The van der Waals surface area contributed by atoms with Crippen LogP contribution in [0.1, 0.15) is 23.2 Å². The van der Waals surface area contributed by atoms with E-state index in [-0.39, 0.29) is 17.9 Å².